The zero-order chi connectivity index (χ0) is 15.7. The number of hydrogen-bond donors (Lipinski definition) is 1. The van der Waals surface area contributed by atoms with Crippen molar-refractivity contribution in [1.82, 2.24) is 10.2 Å². The molecule has 1 N–H and O–H groups in total. The zero-order valence-corrected chi connectivity index (χ0v) is 12.2. The van der Waals surface area contributed by atoms with E-state index in [1.165, 1.54) is 0 Å². The van der Waals surface area contributed by atoms with E-state index in [0.29, 0.717) is 11.5 Å². The van der Waals surface area contributed by atoms with E-state index in [-0.39, 0.29) is 11.5 Å². The molecule has 0 spiro atoms. The predicted molar refractivity (Wildman–Crippen MR) is 81.6 cm³/mol. The molecule has 3 aromatic rings. The van der Waals surface area contributed by atoms with Gasteiger partial charge in [-0.05, 0) is 35.7 Å². The van der Waals surface area contributed by atoms with Gasteiger partial charge >= 0.3 is 5.97 Å². The van der Waals surface area contributed by atoms with Gasteiger partial charge in [0.25, 0.3) is 0 Å². The molecule has 1 heterocycles. The van der Waals surface area contributed by atoms with Gasteiger partial charge in [-0.1, -0.05) is 30.3 Å². The second kappa shape index (κ2) is 5.44. The Morgan fingerprint density at radius 3 is 2.45 bits per heavy atom. The number of rotatable bonds is 3. The monoisotopic (exact) mass is 294 g/mol. The Hall–Kier alpha value is -2.95. The van der Waals surface area contributed by atoms with E-state index in [0.717, 1.165) is 16.7 Å². The second-order valence-corrected chi connectivity index (χ2v) is 5.01. The van der Waals surface area contributed by atoms with Crippen molar-refractivity contribution < 1.29 is 14.3 Å². The maximum absolute atomic E-state index is 11.4. The molecule has 2 aromatic carbocycles. The normalized spacial score (nSPS) is 10.6. The average Bonchev–Trinajstić information content (AvgIpc) is 2.93. The first kappa shape index (κ1) is 14.0. The third kappa shape index (κ3) is 2.48. The van der Waals surface area contributed by atoms with Crippen molar-refractivity contribution in [3.05, 3.63) is 59.5 Å². The SMILES string of the molecule is Cc1nnc(-c2cc(-c3ccccc3C)ccc2C(=O)O)o1. The van der Waals surface area contributed by atoms with Crippen LogP contribution in [-0.2, 0) is 0 Å². The summed E-state index contributed by atoms with van der Waals surface area (Å²) in [4.78, 5) is 11.4. The molecule has 3 rings (SSSR count). The van der Waals surface area contributed by atoms with Crippen molar-refractivity contribution in [1.29, 1.82) is 0 Å². The summed E-state index contributed by atoms with van der Waals surface area (Å²) < 4.78 is 5.40. The third-order valence-corrected chi connectivity index (χ3v) is 3.46. The molecular formula is C17H14N2O3. The van der Waals surface area contributed by atoms with Crippen molar-refractivity contribution in [2.45, 2.75) is 13.8 Å². The zero-order valence-electron chi connectivity index (χ0n) is 12.2. The van der Waals surface area contributed by atoms with Gasteiger partial charge in [0.2, 0.25) is 11.8 Å². The molecule has 0 radical (unpaired) electrons. The van der Waals surface area contributed by atoms with Gasteiger partial charge in [-0.15, -0.1) is 10.2 Å². The van der Waals surface area contributed by atoms with E-state index >= 15 is 0 Å². The van der Waals surface area contributed by atoms with Gasteiger partial charge in [0, 0.05) is 6.92 Å². The quantitative estimate of drug-likeness (QED) is 0.796. The number of carbonyl (C=O) groups is 1. The highest BCUT2D eigenvalue weighted by Crippen LogP contribution is 2.30. The minimum atomic E-state index is -1.03. The van der Waals surface area contributed by atoms with Gasteiger partial charge in [0.1, 0.15) is 0 Å². The first-order valence-corrected chi connectivity index (χ1v) is 6.80. The molecule has 0 unspecified atom stereocenters. The minimum Gasteiger partial charge on any atom is -0.478 e. The van der Waals surface area contributed by atoms with Crippen LogP contribution in [0.5, 0.6) is 0 Å². The summed E-state index contributed by atoms with van der Waals surface area (Å²) in [5.41, 5.74) is 3.62. The van der Waals surface area contributed by atoms with Gasteiger partial charge in [0.15, 0.2) is 0 Å². The predicted octanol–water partition coefficient (Wildman–Crippen LogP) is 3.72. The van der Waals surface area contributed by atoms with Crippen LogP contribution in [0, 0.1) is 13.8 Å². The Morgan fingerprint density at radius 1 is 1.05 bits per heavy atom. The highest BCUT2D eigenvalue weighted by Gasteiger charge is 2.17. The van der Waals surface area contributed by atoms with Crippen molar-refractivity contribution >= 4 is 5.97 Å². The van der Waals surface area contributed by atoms with Crippen molar-refractivity contribution in [3.8, 4) is 22.6 Å². The molecule has 0 aliphatic carbocycles. The summed E-state index contributed by atoms with van der Waals surface area (Å²) in [7, 11) is 0. The van der Waals surface area contributed by atoms with Crippen molar-refractivity contribution in [3.63, 3.8) is 0 Å². The van der Waals surface area contributed by atoms with Gasteiger partial charge in [-0.2, -0.15) is 0 Å². The van der Waals surface area contributed by atoms with E-state index in [9.17, 15) is 9.90 Å². The van der Waals surface area contributed by atoms with Crippen LogP contribution in [0.15, 0.2) is 46.9 Å². The topological polar surface area (TPSA) is 76.2 Å². The number of aromatic carboxylic acids is 1. The van der Waals surface area contributed by atoms with E-state index in [1.54, 1.807) is 25.1 Å². The van der Waals surface area contributed by atoms with Crippen LogP contribution in [0.3, 0.4) is 0 Å². The molecular weight excluding hydrogens is 280 g/mol. The molecule has 0 bridgehead atoms. The molecule has 0 saturated heterocycles. The summed E-state index contributed by atoms with van der Waals surface area (Å²) in [5.74, 6) is -0.417. The Morgan fingerprint density at radius 2 is 1.82 bits per heavy atom. The maximum Gasteiger partial charge on any atom is 0.336 e. The van der Waals surface area contributed by atoms with Gasteiger partial charge < -0.3 is 9.52 Å². The molecule has 5 heteroatoms. The molecule has 0 amide bonds. The smallest absolute Gasteiger partial charge is 0.336 e. The van der Waals surface area contributed by atoms with Crippen LogP contribution in [0.1, 0.15) is 21.8 Å². The number of aryl methyl sites for hydroxylation is 2. The maximum atomic E-state index is 11.4. The lowest BCUT2D eigenvalue weighted by Gasteiger charge is -2.09. The number of aromatic nitrogens is 2. The van der Waals surface area contributed by atoms with Crippen molar-refractivity contribution in [2.75, 3.05) is 0 Å². The molecule has 1 aromatic heterocycles. The summed E-state index contributed by atoms with van der Waals surface area (Å²) in [6.07, 6.45) is 0. The Labute approximate surface area is 127 Å². The first-order valence-electron chi connectivity index (χ1n) is 6.80. The first-order chi connectivity index (χ1) is 10.6. The van der Waals surface area contributed by atoms with Crippen LogP contribution in [0.2, 0.25) is 0 Å². The molecule has 110 valence electrons. The number of nitrogens with zero attached hydrogens (tertiary/aromatic N) is 2. The van der Waals surface area contributed by atoms with E-state index in [1.807, 2.05) is 31.2 Å². The largest absolute Gasteiger partial charge is 0.478 e. The molecule has 5 nitrogen and oxygen atoms in total. The third-order valence-electron chi connectivity index (χ3n) is 3.46. The number of carboxylic acids is 1. The highest BCUT2D eigenvalue weighted by molar-refractivity contribution is 5.96. The van der Waals surface area contributed by atoms with E-state index in [4.69, 9.17) is 4.42 Å². The van der Waals surface area contributed by atoms with Gasteiger partial charge in [0.05, 0.1) is 11.1 Å². The number of benzene rings is 2. The van der Waals surface area contributed by atoms with E-state index < -0.39 is 5.97 Å². The fourth-order valence-corrected chi connectivity index (χ4v) is 2.38. The van der Waals surface area contributed by atoms with Crippen LogP contribution in [0.25, 0.3) is 22.6 Å². The Kier molecular flexibility index (Phi) is 3.47. The Bertz CT molecular complexity index is 853. The molecule has 0 aliphatic heterocycles. The molecule has 0 atom stereocenters. The lowest BCUT2D eigenvalue weighted by atomic mass is 9.96. The summed E-state index contributed by atoms with van der Waals surface area (Å²) >= 11 is 0. The van der Waals surface area contributed by atoms with Crippen molar-refractivity contribution in [2.24, 2.45) is 0 Å². The van der Waals surface area contributed by atoms with Crippen LogP contribution in [0.4, 0.5) is 0 Å². The van der Waals surface area contributed by atoms with Gasteiger partial charge in [-0.25, -0.2) is 4.79 Å². The number of hydrogen-bond acceptors (Lipinski definition) is 4. The summed E-state index contributed by atoms with van der Waals surface area (Å²) in [6, 6.07) is 13.1. The van der Waals surface area contributed by atoms with Gasteiger partial charge in [-0.3, -0.25) is 0 Å². The second-order valence-electron chi connectivity index (χ2n) is 5.01. The Balaban J connectivity index is 2.20. The lowest BCUT2D eigenvalue weighted by molar-refractivity contribution is 0.0697. The molecule has 0 aliphatic rings. The standard InChI is InChI=1S/C17H14N2O3/c1-10-5-3-4-6-13(10)12-7-8-14(17(20)21)15(9-12)16-19-18-11(2)22-16/h3-9H,1-2H3,(H,20,21). The summed E-state index contributed by atoms with van der Waals surface area (Å²) in [5, 5.41) is 17.1. The molecule has 22 heavy (non-hydrogen) atoms. The van der Waals surface area contributed by atoms with E-state index in [2.05, 4.69) is 10.2 Å². The van der Waals surface area contributed by atoms with Crippen LogP contribution in [-0.4, -0.2) is 21.3 Å². The fraction of sp³-hybridized carbons (Fsp3) is 0.118. The fourth-order valence-electron chi connectivity index (χ4n) is 2.38. The minimum absolute atomic E-state index is 0.140. The molecule has 0 saturated carbocycles. The number of carboxylic acid groups (broad SMARTS) is 1. The van der Waals surface area contributed by atoms with Crippen LogP contribution < -0.4 is 0 Å². The average molecular weight is 294 g/mol. The van der Waals surface area contributed by atoms with Crippen LogP contribution >= 0.6 is 0 Å². The highest BCUT2D eigenvalue weighted by atomic mass is 16.4. The molecule has 0 fully saturated rings. The lowest BCUT2D eigenvalue weighted by Crippen LogP contribution is -2.00. The summed E-state index contributed by atoms with van der Waals surface area (Å²) in [6.45, 7) is 3.68.